The van der Waals surface area contributed by atoms with Gasteiger partial charge in [-0.15, -0.1) is 0 Å². The average Bonchev–Trinajstić information content (AvgIpc) is 2.54. The van der Waals surface area contributed by atoms with Gasteiger partial charge in [-0.25, -0.2) is 4.79 Å². The summed E-state index contributed by atoms with van der Waals surface area (Å²) < 4.78 is 11.9. The normalized spacial score (nSPS) is 21.6. The molecule has 0 aliphatic carbocycles. The first kappa shape index (κ1) is 19.7. The van der Waals surface area contributed by atoms with Gasteiger partial charge in [0.15, 0.2) is 8.32 Å². The zero-order chi connectivity index (χ0) is 18.7. The second-order valence-electron chi connectivity index (χ2n) is 8.09. The molecule has 6 heteroatoms. The summed E-state index contributed by atoms with van der Waals surface area (Å²) >= 11 is 0. The molecule has 25 heavy (non-hydrogen) atoms. The zero-order valence-corrected chi connectivity index (χ0v) is 16.8. The van der Waals surface area contributed by atoms with Crippen molar-refractivity contribution in [3.05, 3.63) is 35.9 Å². The number of carbonyl (C=O) groups excluding carboxylic acids is 2. The Labute approximate surface area is 151 Å². The monoisotopic (exact) mass is 363 g/mol. The number of hydrogen-bond acceptors (Lipinski definition) is 4. The smallest absolute Gasteiger partial charge is 0.338 e. The number of hydrogen-bond donors (Lipinski definition) is 1. The SMILES string of the molecule is CC(C)(C)[Si](C)(C)O[C@H]1CCC(=O)N[C@@H]1COC(=O)c1ccccc1. The fraction of sp³-hybridized carbons (Fsp3) is 0.579. The van der Waals surface area contributed by atoms with Crippen molar-refractivity contribution in [1.29, 1.82) is 0 Å². The van der Waals surface area contributed by atoms with Crippen LogP contribution in [0, 0.1) is 0 Å². The molecule has 1 fully saturated rings. The third-order valence-electron chi connectivity index (χ3n) is 5.11. The van der Waals surface area contributed by atoms with Crippen molar-refractivity contribution in [3.8, 4) is 0 Å². The molecule has 1 aromatic rings. The first-order valence-electron chi connectivity index (χ1n) is 8.79. The predicted molar refractivity (Wildman–Crippen MR) is 100.0 cm³/mol. The lowest BCUT2D eigenvalue weighted by molar-refractivity contribution is -0.126. The van der Waals surface area contributed by atoms with E-state index in [1.165, 1.54) is 0 Å². The van der Waals surface area contributed by atoms with Crippen LogP contribution in [0.1, 0.15) is 44.0 Å². The van der Waals surface area contributed by atoms with Crippen molar-refractivity contribution in [2.45, 2.75) is 63.9 Å². The molecule has 138 valence electrons. The van der Waals surface area contributed by atoms with E-state index in [2.05, 4.69) is 39.2 Å². The summed E-state index contributed by atoms with van der Waals surface area (Å²) in [6.07, 6.45) is 0.982. The van der Waals surface area contributed by atoms with Gasteiger partial charge in [0.2, 0.25) is 5.91 Å². The maximum absolute atomic E-state index is 12.2. The predicted octanol–water partition coefficient (Wildman–Crippen LogP) is 3.51. The molecule has 0 spiro atoms. The number of benzene rings is 1. The van der Waals surface area contributed by atoms with Gasteiger partial charge in [0.25, 0.3) is 0 Å². The van der Waals surface area contributed by atoms with Crippen LogP contribution in [0.3, 0.4) is 0 Å². The van der Waals surface area contributed by atoms with Gasteiger partial charge >= 0.3 is 5.97 Å². The van der Waals surface area contributed by atoms with Crippen LogP contribution in [0.15, 0.2) is 30.3 Å². The minimum atomic E-state index is -1.97. The molecule has 2 atom stereocenters. The summed E-state index contributed by atoms with van der Waals surface area (Å²) in [5, 5.41) is 3.01. The average molecular weight is 364 g/mol. The Morgan fingerprint density at radius 3 is 2.48 bits per heavy atom. The largest absolute Gasteiger partial charge is 0.460 e. The first-order valence-corrected chi connectivity index (χ1v) is 11.7. The van der Waals surface area contributed by atoms with Gasteiger partial charge in [-0.3, -0.25) is 4.79 Å². The van der Waals surface area contributed by atoms with Gasteiger partial charge in [0.1, 0.15) is 6.61 Å². The molecular formula is C19H29NO4Si. The lowest BCUT2D eigenvalue weighted by atomic mass is 10.0. The van der Waals surface area contributed by atoms with Crippen LogP contribution in [0.25, 0.3) is 0 Å². The van der Waals surface area contributed by atoms with Crippen LogP contribution in [-0.4, -0.2) is 38.9 Å². The van der Waals surface area contributed by atoms with Crippen molar-refractivity contribution in [2.75, 3.05) is 6.61 Å². The van der Waals surface area contributed by atoms with Crippen molar-refractivity contribution >= 4 is 20.2 Å². The van der Waals surface area contributed by atoms with E-state index in [9.17, 15) is 9.59 Å². The molecule has 1 amide bonds. The second-order valence-corrected chi connectivity index (χ2v) is 12.9. The van der Waals surface area contributed by atoms with E-state index in [0.717, 1.165) is 0 Å². The third kappa shape index (κ3) is 5.15. The van der Waals surface area contributed by atoms with E-state index in [4.69, 9.17) is 9.16 Å². The molecule has 0 aromatic heterocycles. The number of ether oxygens (including phenoxy) is 1. The first-order chi connectivity index (χ1) is 11.6. The van der Waals surface area contributed by atoms with E-state index >= 15 is 0 Å². The molecule has 1 saturated heterocycles. The Hall–Kier alpha value is -1.66. The highest BCUT2D eigenvalue weighted by Gasteiger charge is 2.42. The van der Waals surface area contributed by atoms with Gasteiger partial charge in [-0.1, -0.05) is 39.0 Å². The highest BCUT2D eigenvalue weighted by Crippen LogP contribution is 2.38. The van der Waals surface area contributed by atoms with Crippen LogP contribution >= 0.6 is 0 Å². The number of nitrogens with one attached hydrogen (secondary N) is 1. The third-order valence-corrected chi connectivity index (χ3v) is 9.61. The molecule has 0 radical (unpaired) electrons. The number of esters is 1. The van der Waals surface area contributed by atoms with E-state index in [1.807, 2.05) is 6.07 Å². The quantitative estimate of drug-likeness (QED) is 0.642. The molecule has 0 unspecified atom stereocenters. The standard InChI is InChI=1S/C19H29NO4Si/c1-19(2,3)25(4,5)24-16-11-12-17(21)20-15(16)13-23-18(22)14-9-7-6-8-10-14/h6-10,15-16H,11-13H2,1-5H3,(H,20,21)/t15-,16+/m1/s1. The molecule has 1 aliphatic rings. The van der Waals surface area contributed by atoms with E-state index < -0.39 is 8.32 Å². The minimum absolute atomic E-state index is 0.0177. The van der Waals surface area contributed by atoms with Crippen LogP contribution in [0.5, 0.6) is 0 Å². The fourth-order valence-corrected chi connectivity index (χ4v) is 3.91. The van der Waals surface area contributed by atoms with Crippen LogP contribution in [0.2, 0.25) is 18.1 Å². The Morgan fingerprint density at radius 2 is 1.88 bits per heavy atom. The van der Waals surface area contributed by atoms with Crippen molar-refractivity contribution in [1.82, 2.24) is 5.32 Å². The number of carbonyl (C=O) groups is 2. The number of rotatable bonds is 5. The van der Waals surface area contributed by atoms with Gasteiger partial charge in [0, 0.05) is 6.42 Å². The maximum atomic E-state index is 12.2. The topological polar surface area (TPSA) is 64.6 Å². The summed E-state index contributed by atoms with van der Waals surface area (Å²) in [5.74, 6) is -0.401. The molecule has 1 heterocycles. The number of amides is 1. The Bertz CT molecular complexity index is 610. The molecular weight excluding hydrogens is 334 g/mol. The van der Waals surface area contributed by atoms with Crippen LogP contribution in [0.4, 0.5) is 0 Å². The maximum Gasteiger partial charge on any atom is 0.338 e. The Kier molecular flexibility index (Phi) is 6.06. The van der Waals surface area contributed by atoms with Crippen LogP contribution in [-0.2, 0) is 14.0 Å². The summed E-state index contributed by atoms with van der Waals surface area (Å²) in [6, 6.07) is 8.56. The molecule has 0 bridgehead atoms. The van der Waals surface area contributed by atoms with E-state index in [-0.39, 0.29) is 35.7 Å². The van der Waals surface area contributed by atoms with Crippen molar-refractivity contribution in [3.63, 3.8) is 0 Å². The molecule has 1 aromatic carbocycles. The number of piperidine rings is 1. The summed E-state index contributed by atoms with van der Waals surface area (Å²) in [4.78, 5) is 24.0. The van der Waals surface area contributed by atoms with Crippen LogP contribution < -0.4 is 5.32 Å². The van der Waals surface area contributed by atoms with Crippen molar-refractivity contribution < 1.29 is 18.8 Å². The Morgan fingerprint density at radius 1 is 1.24 bits per heavy atom. The zero-order valence-electron chi connectivity index (χ0n) is 15.8. The van der Waals surface area contributed by atoms with Gasteiger partial charge in [-0.2, -0.15) is 0 Å². The lowest BCUT2D eigenvalue weighted by Gasteiger charge is -2.42. The summed E-state index contributed by atoms with van der Waals surface area (Å²) in [7, 11) is -1.97. The Balaban J connectivity index is 2.02. The van der Waals surface area contributed by atoms with Gasteiger partial charge in [-0.05, 0) is 36.7 Å². The van der Waals surface area contributed by atoms with E-state index in [1.54, 1.807) is 24.3 Å². The highest BCUT2D eigenvalue weighted by molar-refractivity contribution is 6.74. The van der Waals surface area contributed by atoms with Crippen molar-refractivity contribution in [2.24, 2.45) is 0 Å². The minimum Gasteiger partial charge on any atom is -0.460 e. The summed E-state index contributed by atoms with van der Waals surface area (Å²) in [5.41, 5.74) is 0.506. The molecule has 1 N–H and O–H groups in total. The molecule has 2 rings (SSSR count). The molecule has 5 nitrogen and oxygen atoms in total. The molecule has 0 saturated carbocycles. The van der Waals surface area contributed by atoms with E-state index in [0.29, 0.717) is 18.4 Å². The second kappa shape index (κ2) is 7.70. The van der Waals surface area contributed by atoms with Gasteiger partial charge < -0.3 is 14.5 Å². The molecule has 1 aliphatic heterocycles. The lowest BCUT2D eigenvalue weighted by Crippen LogP contribution is -2.56. The van der Waals surface area contributed by atoms with Gasteiger partial charge in [0.05, 0.1) is 17.7 Å². The summed E-state index contributed by atoms with van der Waals surface area (Å²) in [6.45, 7) is 11.1. The highest BCUT2D eigenvalue weighted by atomic mass is 28.4. The fourth-order valence-electron chi connectivity index (χ4n) is 2.51.